The Morgan fingerprint density at radius 2 is 2.38 bits per heavy atom. The van der Waals surface area contributed by atoms with Crippen molar-refractivity contribution in [2.24, 2.45) is 5.92 Å². The first-order valence-corrected chi connectivity index (χ1v) is 4.92. The molecule has 1 aromatic heterocycles. The quantitative estimate of drug-likeness (QED) is 0.697. The van der Waals surface area contributed by atoms with E-state index in [4.69, 9.17) is 14.4 Å². The highest BCUT2D eigenvalue weighted by molar-refractivity contribution is 5.69. The molecule has 0 N–H and O–H groups in total. The predicted octanol–water partition coefficient (Wildman–Crippen LogP) is 0.804. The number of amides is 1. The molecule has 0 atom stereocenters. The second-order valence-corrected chi connectivity index (χ2v) is 3.46. The van der Waals surface area contributed by atoms with Crippen molar-refractivity contribution in [3.63, 3.8) is 0 Å². The predicted molar refractivity (Wildman–Crippen MR) is 50.2 cm³/mol. The fraction of sp³-hybridized carbons (Fsp3) is 0.556. The van der Waals surface area contributed by atoms with Gasteiger partial charge in [-0.15, -0.1) is 5.10 Å². The third-order valence-electron chi connectivity index (χ3n) is 2.45. The van der Waals surface area contributed by atoms with Crippen molar-refractivity contribution in [3.8, 4) is 12.1 Å². The SMILES string of the molecule is N#CC1CCN(C(=O)Oc2nnco2)CC1. The van der Waals surface area contributed by atoms with E-state index < -0.39 is 6.09 Å². The Labute approximate surface area is 91.6 Å². The number of ether oxygens (including phenoxy) is 1. The van der Waals surface area contributed by atoms with E-state index in [9.17, 15) is 4.79 Å². The Kier molecular flexibility index (Phi) is 3.00. The summed E-state index contributed by atoms with van der Waals surface area (Å²) in [6.07, 6.45) is 1.77. The number of nitrogens with zero attached hydrogens (tertiary/aromatic N) is 4. The zero-order valence-electron chi connectivity index (χ0n) is 8.50. The van der Waals surface area contributed by atoms with Gasteiger partial charge in [0.15, 0.2) is 0 Å². The number of aromatic nitrogens is 2. The zero-order chi connectivity index (χ0) is 11.4. The van der Waals surface area contributed by atoms with Gasteiger partial charge < -0.3 is 14.1 Å². The summed E-state index contributed by atoms with van der Waals surface area (Å²) in [5, 5.41) is 15.5. The van der Waals surface area contributed by atoms with Crippen LogP contribution in [0.4, 0.5) is 4.79 Å². The molecule has 1 aromatic rings. The monoisotopic (exact) mass is 222 g/mol. The summed E-state index contributed by atoms with van der Waals surface area (Å²) in [5.41, 5.74) is 0. The van der Waals surface area contributed by atoms with E-state index in [-0.39, 0.29) is 12.0 Å². The number of likely N-dealkylation sites (tertiary alicyclic amines) is 1. The van der Waals surface area contributed by atoms with Crippen molar-refractivity contribution < 1.29 is 13.9 Å². The average Bonchev–Trinajstić information content (AvgIpc) is 2.82. The summed E-state index contributed by atoms with van der Waals surface area (Å²) in [6, 6.07) is 2.19. The van der Waals surface area contributed by atoms with Crippen molar-refractivity contribution in [2.75, 3.05) is 13.1 Å². The Balaban J connectivity index is 1.85. The van der Waals surface area contributed by atoms with Crippen LogP contribution in [-0.4, -0.2) is 34.3 Å². The molecule has 1 aliphatic rings. The van der Waals surface area contributed by atoms with Crippen molar-refractivity contribution in [2.45, 2.75) is 12.8 Å². The maximum atomic E-state index is 11.6. The molecular weight excluding hydrogens is 212 g/mol. The molecule has 2 rings (SSSR count). The number of rotatable bonds is 1. The lowest BCUT2D eigenvalue weighted by atomic mass is 9.99. The fourth-order valence-corrected chi connectivity index (χ4v) is 1.54. The van der Waals surface area contributed by atoms with Gasteiger partial charge in [-0.3, -0.25) is 0 Å². The topological polar surface area (TPSA) is 92.2 Å². The lowest BCUT2D eigenvalue weighted by Crippen LogP contribution is -2.39. The van der Waals surface area contributed by atoms with Crippen LogP contribution in [0.3, 0.4) is 0 Å². The van der Waals surface area contributed by atoms with E-state index in [0.717, 1.165) is 6.39 Å². The van der Waals surface area contributed by atoms with Gasteiger partial charge in [0.2, 0.25) is 6.39 Å². The summed E-state index contributed by atoms with van der Waals surface area (Å²) < 4.78 is 9.52. The Bertz CT molecular complexity index is 389. The highest BCUT2D eigenvalue weighted by atomic mass is 16.6. The molecule has 84 valence electrons. The number of carbonyl (C=O) groups is 1. The Morgan fingerprint density at radius 3 is 2.94 bits per heavy atom. The molecule has 2 heterocycles. The molecule has 0 aliphatic carbocycles. The summed E-state index contributed by atoms with van der Waals surface area (Å²) in [6.45, 7) is 1.04. The van der Waals surface area contributed by atoms with Crippen LogP contribution < -0.4 is 4.74 Å². The zero-order valence-corrected chi connectivity index (χ0v) is 8.50. The molecule has 0 spiro atoms. The number of carbonyl (C=O) groups excluding carboxylic acids is 1. The van der Waals surface area contributed by atoms with E-state index in [1.54, 1.807) is 0 Å². The molecule has 7 heteroatoms. The van der Waals surface area contributed by atoms with Crippen molar-refractivity contribution in [1.29, 1.82) is 5.26 Å². The summed E-state index contributed by atoms with van der Waals surface area (Å²) >= 11 is 0. The molecule has 0 bridgehead atoms. The molecular formula is C9H10N4O3. The van der Waals surface area contributed by atoms with Crippen LogP contribution in [0.2, 0.25) is 0 Å². The molecule has 1 fully saturated rings. The summed E-state index contributed by atoms with van der Waals surface area (Å²) in [4.78, 5) is 13.1. The highest BCUT2D eigenvalue weighted by Crippen LogP contribution is 2.17. The number of piperidine rings is 1. The maximum absolute atomic E-state index is 11.6. The smallest absolute Gasteiger partial charge is 0.396 e. The third kappa shape index (κ3) is 2.28. The molecule has 16 heavy (non-hydrogen) atoms. The minimum Gasteiger partial charge on any atom is -0.396 e. The minimum atomic E-state index is -0.513. The van der Waals surface area contributed by atoms with Gasteiger partial charge in [0.05, 0.1) is 6.07 Å². The normalized spacial score (nSPS) is 16.8. The molecule has 7 nitrogen and oxygen atoms in total. The number of nitriles is 1. The van der Waals surface area contributed by atoms with Crippen LogP contribution in [0.1, 0.15) is 12.8 Å². The van der Waals surface area contributed by atoms with E-state index in [2.05, 4.69) is 16.3 Å². The Morgan fingerprint density at radius 1 is 1.62 bits per heavy atom. The van der Waals surface area contributed by atoms with Crippen molar-refractivity contribution in [3.05, 3.63) is 6.39 Å². The van der Waals surface area contributed by atoms with Gasteiger partial charge in [-0.2, -0.15) is 5.26 Å². The molecule has 0 aromatic carbocycles. The molecule has 1 amide bonds. The minimum absolute atomic E-state index is 0.0347. The number of hydrogen-bond donors (Lipinski definition) is 0. The maximum Gasteiger partial charge on any atom is 0.423 e. The first-order valence-electron chi connectivity index (χ1n) is 4.92. The molecule has 0 radical (unpaired) electrons. The van der Waals surface area contributed by atoms with Crippen LogP contribution in [0.25, 0.3) is 0 Å². The first kappa shape index (κ1) is 10.4. The first-order chi connectivity index (χ1) is 7.79. The second-order valence-electron chi connectivity index (χ2n) is 3.46. The van der Waals surface area contributed by atoms with Crippen LogP contribution in [-0.2, 0) is 0 Å². The molecule has 0 saturated carbocycles. The van der Waals surface area contributed by atoms with Gasteiger partial charge >= 0.3 is 12.2 Å². The van der Waals surface area contributed by atoms with Gasteiger partial charge in [0, 0.05) is 19.0 Å². The molecule has 1 aliphatic heterocycles. The molecule has 0 unspecified atom stereocenters. The fourth-order valence-electron chi connectivity index (χ4n) is 1.54. The van der Waals surface area contributed by atoms with Crippen molar-refractivity contribution >= 4 is 6.09 Å². The van der Waals surface area contributed by atoms with Crippen LogP contribution >= 0.6 is 0 Å². The van der Waals surface area contributed by atoms with Crippen LogP contribution in [0.15, 0.2) is 10.8 Å². The van der Waals surface area contributed by atoms with E-state index >= 15 is 0 Å². The van der Waals surface area contributed by atoms with Gasteiger partial charge in [-0.25, -0.2) is 4.79 Å². The standard InChI is InChI=1S/C9H10N4O3/c10-5-7-1-3-13(4-2-7)9(14)16-8-12-11-6-15-8/h6-7H,1-4H2. The van der Waals surface area contributed by atoms with E-state index in [0.29, 0.717) is 25.9 Å². The van der Waals surface area contributed by atoms with Gasteiger partial charge in [-0.1, -0.05) is 5.10 Å². The van der Waals surface area contributed by atoms with E-state index in [1.807, 2.05) is 0 Å². The highest BCUT2D eigenvalue weighted by Gasteiger charge is 2.24. The summed E-state index contributed by atoms with van der Waals surface area (Å²) in [5.74, 6) is 0.0347. The third-order valence-corrected chi connectivity index (χ3v) is 2.45. The second kappa shape index (κ2) is 4.61. The lowest BCUT2D eigenvalue weighted by molar-refractivity contribution is 0.124. The van der Waals surface area contributed by atoms with Gasteiger partial charge in [-0.05, 0) is 12.8 Å². The summed E-state index contributed by atoms with van der Waals surface area (Å²) in [7, 11) is 0. The molecule has 1 saturated heterocycles. The number of hydrogen-bond acceptors (Lipinski definition) is 6. The van der Waals surface area contributed by atoms with Gasteiger partial charge in [0.1, 0.15) is 0 Å². The van der Waals surface area contributed by atoms with Gasteiger partial charge in [0.25, 0.3) is 0 Å². The van der Waals surface area contributed by atoms with Crippen LogP contribution in [0, 0.1) is 17.2 Å². The average molecular weight is 222 g/mol. The largest absolute Gasteiger partial charge is 0.423 e. The van der Waals surface area contributed by atoms with Crippen molar-refractivity contribution in [1.82, 2.24) is 15.1 Å². The van der Waals surface area contributed by atoms with Crippen LogP contribution in [0.5, 0.6) is 6.08 Å². The lowest BCUT2D eigenvalue weighted by Gasteiger charge is -2.27. The Hall–Kier alpha value is -2.10. The van der Waals surface area contributed by atoms with E-state index in [1.165, 1.54) is 4.90 Å².